The number of benzene rings is 2. The molecule has 0 fully saturated rings. The van der Waals surface area contributed by atoms with Gasteiger partial charge in [-0.25, -0.2) is 16.8 Å². The van der Waals surface area contributed by atoms with E-state index >= 15 is 0 Å². The van der Waals surface area contributed by atoms with Crippen LogP contribution in [0.1, 0.15) is 19.4 Å². The predicted octanol–water partition coefficient (Wildman–Crippen LogP) is 2.03. The number of rotatable bonds is 10. The van der Waals surface area contributed by atoms with Crippen molar-refractivity contribution in [2.45, 2.75) is 30.2 Å². The average molecular weight is 459 g/mol. The number of ether oxygens (including phenoxy) is 2. The summed E-state index contributed by atoms with van der Waals surface area (Å²) < 4.78 is 65.2. The zero-order chi connectivity index (χ0) is 22.5. The molecule has 0 bridgehead atoms. The van der Waals surface area contributed by atoms with Gasteiger partial charge in [-0.05, 0) is 24.3 Å². The van der Waals surface area contributed by atoms with Crippen LogP contribution < -0.4 is 14.2 Å². The number of nitrogens with one attached hydrogen (secondary N) is 1. The van der Waals surface area contributed by atoms with E-state index in [1.165, 1.54) is 54.9 Å². The summed E-state index contributed by atoms with van der Waals surface area (Å²) in [6.45, 7) is 3.49. The van der Waals surface area contributed by atoms with Gasteiger partial charge in [0.25, 0.3) is 10.0 Å². The van der Waals surface area contributed by atoms with Crippen LogP contribution in [0.15, 0.2) is 46.2 Å². The van der Waals surface area contributed by atoms with Crippen molar-refractivity contribution < 1.29 is 31.4 Å². The summed E-state index contributed by atoms with van der Waals surface area (Å²) in [4.78, 5) is -0.186. The molecule has 2 N–H and O–H groups in total. The Hall–Kier alpha value is -2.34. The smallest absolute Gasteiger partial charge is 0.262 e. The molecule has 0 aromatic heterocycles. The maximum atomic E-state index is 12.9. The number of aliphatic hydroxyl groups excluding tert-OH is 1. The first-order valence-electron chi connectivity index (χ1n) is 9.13. The maximum Gasteiger partial charge on any atom is 0.262 e. The largest absolute Gasteiger partial charge is 0.493 e. The second kappa shape index (κ2) is 9.65. The van der Waals surface area contributed by atoms with Crippen LogP contribution in [-0.2, 0) is 26.7 Å². The van der Waals surface area contributed by atoms with Crippen LogP contribution in [0.2, 0.25) is 0 Å². The third-order valence-electron chi connectivity index (χ3n) is 4.50. The summed E-state index contributed by atoms with van der Waals surface area (Å²) >= 11 is 0. The second-order valence-electron chi connectivity index (χ2n) is 6.19. The van der Waals surface area contributed by atoms with Gasteiger partial charge < -0.3 is 14.6 Å². The summed E-state index contributed by atoms with van der Waals surface area (Å²) in [7, 11) is -5.10. The van der Waals surface area contributed by atoms with Crippen molar-refractivity contribution in [3.63, 3.8) is 0 Å². The van der Waals surface area contributed by atoms with Crippen LogP contribution in [-0.4, -0.2) is 53.6 Å². The molecule has 0 aliphatic rings. The van der Waals surface area contributed by atoms with Gasteiger partial charge in [-0.1, -0.05) is 19.9 Å². The van der Waals surface area contributed by atoms with Crippen molar-refractivity contribution in [2.24, 2.45) is 0 Å². The number of nitrogens with zero attached hydrogens (tertiary/aromatic N) is 1. The SMILES string of the molecule is CCN(CC)S(=O)(=O)c1ccc(CO)c(NS(=O)(=O)c2ccc(OC)c(OC)c2)c1. The minimum absolute atomic E-state index is 0.0273. The van der Waals surface area contributed by atoms with Gasteiger partial charge >= 0.3 is 0 Å². The molecule has 166 valence electrons. The lowest BCUT2D eigenvalue weighted by Crippen LogP contribution is -2.30. The monoisotopic (exact) mass is 458 g/mol. The maximum absolute atomic E-state index is 12.9. The molecule has 2 rings (SSSR count). The van der Waals surface area contributed by atoms with Crippen LogP contribution in [0.3, 0.4) is 0 Å². The third kappa shape index (κ3) is 4.86. The second-order valence-corrected chi connectivity index (χ2v) is 9.81. The molecule has 11 heteroatoms. The van der Waals surface area contributed by atoms with E-state index in [1.54, 1.807) is 13.8 Å². The first kappa shape index (κ1) is 23.9. The summed E-state index contributed by atoms with van der Waals surface area (Å²) in [5.41, 5.74) is 0.207. The van der Waals surface area contributed by atoms with E-state index < -0.39 is 26.7 Å². The highest BCUT2D eigenvalue weighted by atomic mass is 32.2. The van der Waals surface area contributed by atoms with Gasteiger partial charge in [0.2, 0.25) is 10.0 Å². The summed E-state index contributed by atoms with van der Waals surface area (Å²) in [6.07, 6.45) is 0. The van der Waals surface area contributed by atoms with Gasteiger partial charge in [0, 0.05) is 24.7 Å². The van der Waals surface area contributed by atoms with Gasteiger partial charge in [0.15, 0.2) is 11.5 Å². The number of hydrogen-bond donors (Lipinski definition) is 2. The molecular formula is C19H26N2O7S2. The molecule has 0 heterocycles. The highest BCUT2D eigenvalue weighted by molar-refractivity contribution is 7.92. The van der Waals surface area contributed by atoms with E-state index in [2.05, 4.69) is 4.72 Å². The lowest BCUT2D eigenvalue weighted by Gasteiger charge is -2.20. The van der Waals surface area contributed by atoms with E-state index in [4.69, 9.17) is 9.47 Å². The standard InChI is InChI=1S/C19H26N2O7S2/c1-5-21(6-2)30(25,26)16-8-7-14(13-22)17(11-16)20-29(23,24)15-9-10-18(27-3)19(12-15)28-4/h7-12,20,22H,5-6,13H2,1-4H3. The topological polar surface area (TPSA) is 122 Å². The lowest BCUT2D eigenvalue weighted by atomic mass is 10.2. The Morgan fingerprint density at radius 1 is 0.900 bits per heavy atom. The molecule has 0 aliphatic heterocycles. The van der Waals surface area contributed by atoms with E-state index in [0.717, 1.165) is 0 Å². The van der Waals surface area contributed by atoms with Crippen LogP contribution in [0.4, 0.5) is 5.69 Å². The highest BCUT2D eigenvalue weighted by Gasteiger charge is 2.24. The minimum Gasteiger partial charge on any atom is -0.493 e. The molecule has 0 amide bonds. The van der Waals surface area contributed by atoms with Crippen LogP contribution in [0.25, 0.3) is 0 Å². The predicted molar refractivity (Wildman–Crippen MR) is 113 cm³/mol. The molecule has 0 saturated heterocycles. The molecular weight excluding hydrogens is 432 g/mol. The van der Waals surface area contributed by atoms with Crippen LogP contribution >= 0.6 is 0 Å². The molecule has 0 unspecified atom stereocenters. The summed E-state index contributed by atoms with van der Waals surface area (Å²) in [6, 6.07) is 7.99. The van der Waals surface area contributed by atoms with E-state index in [9.17, 15) is 21.9 Å². The molecule has 9 nitrogen and oxygen atoms in total. The van der Waals surface area contributed by atoms with Gasteiger partial charge in [-0.2, -0.15) is 4.31 Å². The zero-order valence-corrected chi connectivity index (χ0v) is 18.9. The molecule has 0 saturated carbocycles. The number of methoxy groups -OCH3 is 2. The van der Waals surface area contributed by atoms with Crippen molar-refractivity contribution in [3.8, 4) is 11.5 Å². The van der Waals surface area contributed by atoms with Crippen molar-refractivity contribution in [1.29, 1.82) is 0 Å². The molecule has 2 aromatic carbocycles. The Balaban J connectivity index is 2.51. The first-order chi connectivity index (χ1) is 14.1. The highest BCUT2D eigenvalue weighted by Crippen LogP contribution is 2.31. The molecule has 0 aliphatic carbocycles. The van der Waals surface area contributed by atoms with Gasteiger partial charge in [0.05, 0.1) is 36.3 Å². The number of hydrogen-bond acceptors (Lipinski definition) is 7. The van der Waals surface area contributed by atoms with Crippen LogP contribution in [0, 0.1) is 0 Å². The van der Waals surface area contributed by atoms with Crippen molar-refractivity contribution in [1.82, 2.24) is 4.31 Å². The fourth-order valence-electron chi connectivity index (χ4n) is 2.85. The summed E-state index contributed by atoms with van der Waals surface area (Å²) in [5, 5.41) is 9.60. The van der Waals surface area contributed by atoms with Crippen molar-refractivity contribution in [3.05, 3.63) is 42.0 Å². The molecule has 0 spiro atoms. The Morgan fingerprint density at radius 3 is 2.03 bits per heavy atom. The Labute approximate surface area is 177 Å². The normalized spacial score (nSPS) is 12.1. The van der Waals surface area contributed by atoms with Gasteiger partial charge in [-0.15, -0.1) is 0 Å². The first-order valence-corrected chi connectivity index (χ1v) is 12.1. The third-order valence-corrected chi connectivity index (χ3v) is 7.91. The molecule has 30 heavy (non-hydrogen) atoms. The average Bonchev–Trinajstić information content (AvgIpc) is 2.73. The fraction of sp³-hybridized carbons (Fsp3) is 0.368. The summed E-state index contributed by atoms with van der Waals surface area (Å²) in [5.74, 6) is 0.584. The van der Waals surface area contributed by atoms with Gasteiger partial charge in [0.1, 0.15) is 0 Å². The van der Waals surface area contributed by atoms with Crippen molar-refractivity contribution in [2.75, 3.05) is 32.0 Å². The Morgan fingerprint density at radius 2 is 1.50 bits per heavy atom. The minimum atomic E-state index is -4.10. The quantitative estimate of drug-likeness (QED) is 0.558. The van der Waals surface area contributed by atoms with Crippen LogP contribution in [0.5, 0.6) is 11.5 Å². The van der Waals surface area contributed by atoms with E-state index in [1.807, 2.05) is 0 Å². The number of aliphatic hydroxyl groups is 1. The van der Waals surface area contributed by atoms with E-state index in [0.29, 0.717) is 5.75 Å². The van der Waals surface area contributed by atoms with Crippen molar-refractivity contribution >= 4 is 25.7 Å². The van der Waals surface area contributed by atoms with E-state index in [-0.39, 0.29) is 39.9 Å². The molecule has 2 aromatic rings. The molecule has 0 atom stereocenters. The number of sulfonamides is 2. The fourth-order valence-corrected chi connectivity index (χ4v) is 5.44. The zero-order valence-electron chi connectivity index (χ0n) is 17.2. The number of anilines is 1. The molecule has 0 radical (unpaired) electrons. The Bertz CT molecular complexity index is 1100. The lowest BCUT2D eigenvalue weighted by molar-refractivity contribution is 0.282. The van der Waals surface area contributed by atoms with Gasteiger partial charge in [-0.3, -0.25) is 4.72 Å². The Kier molecular flexibility index (Phi) is 7.70.